The lowest BCUT2D eigenvalue weighted by atomic mass is 9.70. The number of carbonyl (C=O) groups excluding carboxylic acids is 4. The van der Waals surface area contributed by atoms with Crippen LogP contribution in [0, 0.1) is 11.8 Å². The maximum atomic E-state index is 14.4. The Morgan fingerprint density at radius 3 is 2.50 bits per heavy atom. The molecule has 3 fully saturated rings. The van der Waals surface area contributed by atoms with E-state index < -0.39 is 41.6 Å². The first kappa shape index (κ1) is 33.1. The van der Waals surface area contributed by atoms with Crippen LogP contribution >= 0.6 is 0 Å². The van der Waals surface area contributed by atoms with Crippen molar-refractivity contribution in [3.63, 3.8) is 0 Å². The molecule has 0 radical (unpaired) electrons. The molecule has 0 saturated carbocycles. The van der Waals surface area contributed by atoms with Crippen molar-refractivity contribution in [3.05, 3.63) is 97.1 Å². The fourth-order valence-electron chi connectivity index (χ4n) is 7.22. The van der Waals surface area contributed by atoms with E-state index in [1.807, 2.05) is 60.7 Å². The fourth-order valence-corrected chi connectivity index (χ4v) is 7.22. The van der Waals surface area contributed by atoms with Gasteiger partial charge in [-0.3, -0.25) is 19.2 Å². The molecule has 5 rings (SSSR count). The molecular formula is C36H43N3O7. The van der Waals surface area contributed by atoms with Gasteiger partial charge in [-0.2, -0.15) is 0 Å². The Labute approximate surface area is 270 Å². The van der Waals surface area contributed by atoms with E-state index in [2.05, 4.69) is 18.5 Å². The van der Waals surface area contributed by atoms with Crippen molar-refractivity contribution < 1.29 is 33.8 Å². The number of amides is 3. The van der Waals surface area contributed by atoms with E-state index >= 15 is 0 Å². The number of benzene rings is 2. The van der Waals surface area contributed by atoms with Crippen LogP contribution < -0.4 is 5.32 Å². The molecule has 2 aromatic carbocycles. The Bertz CT molecular complexity index is 1420. The van der Waals surface area contributed by atoms with Gasteiger partial charge < -0.3 is 29.7 Å². The van der Waals surface area contributed by atoms with Gasteiger partial charge in [0, 0.05) is 32.7 Å². The van der Waals surface area contributed by atoms with Crippen LogP contribution in [0.5, 0.6) is 0 Å². The monoisotopic (exact) mass is 629 g/mol. The lowest BCUT2D eigenvalue weighted by Crippen LogP contribution is -2.56. The standard InChI is InChI=1S/C36H43N3O7/c1-3-5-17-29(41)45-24-27(26-15-10-7-11-16-26)37-33(42)30-28-18-19-36(46-28)31(30)34(43)39(21-12-22-40)32(36)35(44)38(20-4-2)23-25-13-8-6-9-14-25/h3-4,6-11,13-16,27-28,30-32,40H,1-2,5,12,17-24H2,(H,37,42)/t27-,28+,30-,31-,32+,36-/m1/s1. The third-order valence-corrected chi connectivity index (χ3v) is 9.25. The van der Waals surface area contributed by atoms with Crippen LogP contribution in [-0.2, 0) is 35.2 Å². The molecule has 6 atom stereocenters. The highest BCUT2D eigenvalue weighted by Crippen LogP contribution is 2.58. The molecule has 10 heteroatoms. The molecule has 244 valence electrons. The van der Waals surface area contributed by atoms with Gasteiger partial charge in [0.15, 0.2) is 0 Å². The van der Waals surface area contributed by atoms with Crippen LogP contribution in [0.1, 0.15) is 49.3 Å². The summed E-state index contributed by atoms with van der Waals surface area (Å²) < 4.78 is 12.1. The number of fused-ring (bicyclic) bond motifs is 1. The molecule has 2 aromatic rings. The normalized spacial score (nSPS) is 25.1. The molecule has 3 heterocycles. The predicted octanol–water partition coefficient (Wildman–Crippen LogP) is 3.33. The molecule has 10 nitrogen and oxygen atoms in total. The highest BCUT2D eigenvalue weighted by molar-refractivity contribution is 5.99. The van der Waals surface area contributed by atoms with E-state index in [9.17, 15) is 24.3 Å². The number of nitrogens with one attached hydrogen (secondary N) is 1. The zero-order valence-electron chi connectivity index (χ0n) is 26.1. The molecule has 0 unspecified atom stereocenters. The van der Waals surface area contributed by atoms with E-state index in [0.717, 1.165) is 11.1 Å². The van der Waals surface area contributed by atoms with Crippen molar-refractivity contribution in [3.8, 4) is 0 Å². The Morgan fingerprint density at radius 1 is 1.11 bits per heavy atom. The molecule has 1 spiro atoms. The zero-order chi connectivity index (χ0) is 32.7. The second kappa shape index (κ2) is 14.9. The first-order valence-electron chi connectivity index (χ1n) is 16.0. The highest BCUT2D eigenvalue weighted by atomic mass is 16.5. The van der Waals surface area contributed by atoms with Gasteiger partial charge >= 0.3 is 5.97 Å². The molecule has 0 aliphatic carbocycles. The van der Waals surface area contributed by atoms with Gasteiger partial charge in [0.2, 0.25) is 17.7 Å². The maximum Gasteiger partial charge on any atom is 0.306 e. The van der Waals surface area contributed by atoms with E-state index in [1.54, 1.807) is 17.1 Å². The number of hydrogen-bond acceptors (Lipinski definition) is 7. The van der Waals surface area contributed by atoms with Crippen LogP contribution in [-0.4, -0.2) is 82.6 Å². The zero-order valence-corrected chi connectivity index (χ0v) is 26.1. The molecule has 3 aliphatic heterocycles. The topological polar surface area (TPSA) is 125 Å². The van der Waals surface area contributed by atoms with Crippen LogP contribution in [0.25, 0.3) is 0 Å². The number of rotatable bonds is 16. The minimum absolute atomic E-state index is 0.0759. The van der Waals surface area contributed by atoms with Crippen molar-refractivity contribution in [1.82, 2.24) is 15.1 Å². The summed E-state index contributed by atoms with van der Waals surface area (Å²) in [6, 6.07) is 17.2. The molecular weight excluding hydrogens is 586 g/mol. The first-order valence-corrected chi connectivity index (χ1v) is 16.0. The number of ether oxygens (including phenoxy) is 2. The summed E-state index contributed by atoms with van der Waals surface area (Å²) in [4.78, 5) is 58.3. The second-order valence-corrected chi connectivity index (χ2v) is 12.1. The fraction of sp³-hybridized carbons (Fsp3) is 0.444. The van der Waals surface area contributed by atoms with Gasteiger partial charge in [-0.1, -0.05) is 72.8 Å². The lowest BCUT2D eigenvalue weighted by Gasteiger charge is -2.37. The third kappa shape index (κ3) is 6.64. The summed E-state index contributed by atoms with van der Waals surface area (Å²) in [5.41, 5.74) is 0.512. The van der Waals surface area contributed by atoms with Crippen molar-refractivity contribution in [2.24, 2.45) is 11.8 Å². The van der Waals surface area contributed by atoms with Crippen molar-refractivity contribution in [2.45, 2.75) is 62.4 Å². The molecule has 3 saturated heterocycles. The Balaban J connectivity index is 1.42. The third-order valence-electron chi connectivity index (χ3n) is 9.25. The number of likely N-dealkylation sites (tertiary alicyclic amines) is 1. The van der Waals surface area contributed by atoms with Crippen molar-refractivity contribution in [2.75, 3.05) is 26.3 Å². The van der Waals surface area contributed by atoms with Crippen LogP contribution in [0.2, 0.25) is 0 Å². The SMILES string of the molecule is C=CCCC(=O)OC[C@@H](NC(=O)[C@@H]1[C@@H]2CC[C@]3(O2)[C@H](C(=O)N(CC=C)Cc2ccccc2)N(CCCO)C(=O)[C@@H]13)c1ccccc1. The number of aliphatic hydroxyl groups excluding tert-OH is 1. The minimum Gasteiger partial charge on any atom is -0.463 e. The summed E-state index contributed by atoms with van der Waals surface area (Å²) in [5.74, 6) is -3.08. The lowest BCUT2D eigenvalue weighted by molar-refractivity contribution is -0.148. The van der Waals surface area contributed by atoms with Gasteiger partial charge in [-0.25, -0.2) is 0 Å². The number of carbonyl (C=O) groups is 4. The Morgan fingerprint density at radius 2 is 1.83 bits per heavy atom. The molecule has 0 aromatic heterocycles. The number of hydrogen-bond donors (Lipinski definition) is 2. The molecule has 3 aliphatic rings. The van der Waals surface area contributed by atoms with Crippen molar-refractivity contribution in [1.29, 1.82) is 0 Å². The van der Waals surface area contributed by atoms with Gasteiger partial charge in [0.25, 0.3) is 0 Å². The Kier molecular flexibility index (Phi) is 10.7. The smallest absolute Gasteiger partial charge is 0.306 e. The Hall–Kier alpha value is -4.28. The second-order valence-electron chi connectivity index (χ2n) is 12.1. The van der Waals surface area contributed by atoms with Crippen LogP contribution in [0.4, 0.5) is 0 Å². The summed E-state index contributed by atoms with van der Waals surface area (Å²) >= 11 is 0. The van der Waals surface area contributed by atoms with Gasteiger partial charge in [-0.05, 0) is 36.8 Å². The number of nitrogens with zero attached hydrogens (tertiary/aromatic N) is 2. The van der Waals surface area contributed by atoms with Gasteiger partial charge in [-0.15, -0.1) is 13.2 Å². The van der Waals surface area contributed by atoms with Crippen LogP contribution in [0.15, 0.2) is 86.0 Å². The van der Waals surface area contributed by atoms with Crippen molar-refractivity contribution >= 4 is 23.7 Å². The first-order chi connectivity index (χ1) is 22.3. The molecule has 46 heavy (non-hydrogen) atoms. The average molecular weight is 630 g/mol. The largest absolute Gasteiger partial charge is 0.463 e. The van der Waals surface area contributed by atoms with E-state index in [-0.39, 0.29) is 56.9 Å². The summed E-state index contributed by atoms with van der Waals surface area (Å²) in [5, 5.41) is 12.7. The maximum absolute atomic E-state index is 14.4. The number of allylic oxidation sites excluding steroid dienone is 1. The number of aliphatic hydroxyl groups is 1. The average Bonchev–Trinajstić information content (AvgIpc) is 3.72. The quantitative estimate of drug-likeness (QED) is 0.216. The molecule has 2 bridgehead atoms. The molecule has 3 amide bonds. The van der Waals surface area contributed by atoms with Gasteiger partial charge in [0.05, 0.1) is 24.0 Å². The number of esters is 1. The highest BCUT2D eigenvalue weighted by Gasteiger charge is 2.74. The van der Waals surface area contributed by atoms with Gasteiger partial charge in [0.1, 0.15) is 18.2 Å². The van der Waals surface area contributed by atoms with E-state index in [1.165, 1.54) is 4.90 Å². The summed E-state index contributed by atoms with van der Waals surface area (Å²) in [6.07, 6.45) is 4.68. The van der Waals surface area contributed by atoms with Crippen LogP contribution in [0.3, 0.4) is 0 Å². The summed E-state index contributed by atoms with van der Waals surface area (Å²) in [7, 11) is 0. The van der Waals surface area contributed by atoms with E-state index in [0.29, 0.717) is 25.8 Å². The molecule has 2 N–H and O–H groups in total. The predicted molar refractivity (Wildman–Crippen MR) is 171 cm³/mol. The summed E-state index contributed by atoms with van der Waals surface area (Å²) in [6.45, 7) is 8.01. The van der Waals surface area contributed by atoms with E-state index in [4.69, 9.17) is 9.47 Å². The minimum atomic E-state index is -1.17.